The Morgan fingerprint density at radius 3 is 2.88 bits per heavy atom. The number of rotatable bonds is 8. The number of hydrogen-bond acceptors (Lipinski definition) is 3. The van der Waals surface area contributed by atoms with Crippen molar-refractivity contribution in [3.8, 4) is 0 Å². The molecule has 0 aliphatic carbocycles. The van der Waals surface area contributed by atoms with Crippen LogP contribution in [0.15, 0.2) is 24.3 Å². The highest BCUT2D eigenvalue weighted by atomic mass is 16.5. The Hall–Kier alpha value is -1.09. The predicted octanol–water partition coefficient (Wildman–Crippen LogP) is 2.75. The second kappa shape index (κ2) is 7.28. The highest BCUT2D eigenvalue weighted by molar-refractivity contribution is 5.90. The van der Waals surface area contributed by atoms with Crippen LogP contribution in [0.3, 0.4) is 0 Å². The molecule has 0 unspecified atom stereocenters. The Balaban J connectivity index is 2.16. The van der Waals surface area contributed by atoms with Crippen molar-refractivity contribution in [1.29, 1.82) is 0 Å². The van der Waals surface area contributed by atoms with Crippen molar-refractivity contribution in [1.82, 2.24) is 0 Å². The topological polar surface area (TPSA) is 46.5 Å². The Bertz CT molecular complexity index is 294. The molecule has 1 aliphatic rings. The first-order valence-electron chi connectivity index (χ1n) is 6.34. The average molecular weight is 238 g/mol. The van der Waals surface area contributed by atoms with Crippen LogP contribution in [0, 0.1) is 0 Å². The van der Waals surface area contributed by atoms with Gasteiger partial charge in [-0.05, 0) is 32.3 Å². The summed E-state index contributed by atoms with van der Waals surface area (Å²) in [6.07, 6.45) is 8.56. The molecule has 0 saturated carbocycles. The maximum absolute atomic E-state index is 11.3. The van der Waals surface area contributed by atoms with Crippen LogP contribution in [-0.2, 0) is 9.53 Å². The number of esters is 1. The van der Waals surface area contributed by atoms with E-state index in [0.717, 1.165) is 32.1 Å². The summed E-state index contributed by atoms with van der Waals surface area (Å²) in [6.45, 7) is 5.50. The van der Waals surface area contributed by atoms with Gasteiger partial charge in [0.25, 0.3) is 0 Å². The van der Waals surface area contributed by atoms with E-state index in [9.17, 15) is 9.90 Å². The van der Waals surface area contributed by atoms with Gasteiger partial charge >= 0.3 is 5.97 Å². The van der Waals surface area contributed by atoms with Crippen molar-refractivity contribution in [3.05, 3.63) is 24.3 Å². The van der Waals surface area contributed by atoms with E-state index in [1.165, 1.54) is 0 Å². The molecule has 96 valence electrons. The van der Waals surface area contributed by atoms with Crippen LogP contribution in [0.1, 0.15) is 45.4 Å². The highest BCUT2D eigenvalue weighted by Crippen LogP contribution is 2.20. The molecule has 0 amide bonds. The summed E-state index contributed by atoms with van der Waals surface area (Å²) in [7, 11) is 0. The van der Waals surface area contributed by atoms with E-state index in [0.29, 0.717) is 12.0 Å². The molecule has 1 N–H and O–H groups in total. The Kier molecular flexibility index (Phi) is 5.98. The summed E-state index contributed by atoms with van der Waals surface area (Å²) in [5, 5.41) is 9.80. The van der Waals surface area contributed by atoms with Crippen molar-refractivity contribution in [2.24, 2.45) is 0 Å². The standard InChI is InChI=1S/C14H22O3/c1-3-4-5-6-7-8-13(15)10-12-9-11(2)17-14(12)16/h3,9,11,13,15H,1,4-8,10H2,2H3/t11-,13+/m0/s1. The number of ether oxygens (including phenoxy) is 1. The number of carbonyl (C=O) groups is 1. The van der Waals surface area contributed by atoms with Gasteiger partial charge < -0.3 is 9.84 Å². The number of aliphatic hydroxyl groups excluding tert-OH is 1. The van der Waals surface area contributed by atoms with Crippen molar-refractivity contribution >= 4 is 5.97 Å². The minimum absolute atomic E-state index is 0.141. The van der Waals surface area contributed by atoms with Gasteiger partial charge in [0.2, 0.25) is 0 Å². The number of carbonyl (C=O) groups excluding carboxylic acids is 1. The van der Waals surface area contributed by atoms with E-state index in [4.69, 9.17) is 4.74 Å². The SMILES string of the molecule is C=CCCCCC[C@@H](O)CC1=C[C@H](C)OC1=O. The maximum Gasteiger partial charge on any atom is 0.334 e. The zero-order valence-corrected chi connectivity index (χ0v) is 10.5. The first-order valence-corrected chi connectivity index (χ1v) is 6.34. The third-order valence-electron chi connectivity index (χ3n) is 2.89. The first-order chi connectivity index (χ1) is 8.13. The summed E-state index contributed by atoms with van der Waals surface area (Å²) in [5.41, 5.74) is 0.621. The number of allylic oxidation sites excluding steroid dienone is 1. The van der Waals surface area contributed by atoms with Gasteiger partial charge in [0.15, 0.2) is 0 Å². The van der Waals surface area contributed by atoms with Gasteiger partial charge in [-0.2, -0.15) is 0 Å². The van der Waals surface area contributed by atoms with E-state index in [1.807, 2.05) is 13.0 Å². The molecule has 0 aromatic carbocycles. The predicted molar refractivity (Wildman–Crippen MR) is 67.5 cm³/mol. The van der Waals surface area contributed by atoms with Gasteiger partial charge in [-0.1, -0.05) is 18.9 Å². The minimum atomic E-state index is -0.428. The summed E-state index contributed by atoms with van der Waals surface area (Å²) in [5.74, 6) is -0.275. The van der Waals surface area contributed by atoms with Gasteiger partial charge in [0.1, 0.15) is 6.10 Å². The van der Waals surface area contributed by atoms with Crippen LogP contribution >= 0.6 is 0 Å². The largest absolute Gasteiger partial charge is 0.455 e. The number of aliphatic hydroxyl groups is 1. The van der Waals surface area contributed by atoms with Crippen molar-refractivity contribution in [2.45, 2.75) is 57.7 Å². The van der Waals surface area contributed by atoms with E-state index >= 15 is 0 Å². The van der Waals surface area contributed by atoms with Crippen molar-refractivity contribution in [2.75, 3.05) is 0 Å². The average Bonchev–Trinajstić information content (AvgIpc) is 2.57. The van der Waals surface area contributed by atoms with E-state index in [-0.39, 0.29) is 12.1 Å². The fourth-order valence-electron chi connectivity index (χ4n) is 1.98. The molecule has 1 rings (SSSR count). The summed E-state index contributed by atoms with van der Waals surface area (Å²) in [6, 6.07) is 0. The zero-order chi connectivity index (χ0) is 12.7. The van der Waals surface area contributed by atoms with Gasteiger partial charge in [-0.3, -0.25) is 0 Å². The molecular formula is C14H22O3. The van der Waals surface area contributed by atoms with Crippen LogP contribution < -0.4 is 0 Å². The normalized spacial score (nSPS) is 20.9. The van der Waals surface area contributed by atoms with Gasteiger partial charge in [0.05, 0.1) is 6.10 Å². The summed E-state index contributed by atoms with van der Waals surface area (Å²) in [4.78, 5) is 11.3. The first kappa shape index (κ1) is 14.0. The Morgan fingerprint density at radius 1 is 1.53 bits per heavy atom. The van der Waals surface area contributed by atoms with Gasteiger partial charge in [0, 0.05) is 12.0 Å². The third-order valence-corrected chi connectivity index (χ3v) is 2.89. The molecule has 0 aromatic rings. The zero-order valence-electron chi connectivity index (χ0n) is 10.5. The van der Waals surface area contributed by atoms with Crippen molar-refractivity contribution in [3.63, 3.8) is 0 Å². The second-order valence-electron chi connectivity index (χ2n) is 4.59. The van der Waals surface area contributed by atoms with Crippen LogP contribution in [0.4, 0.5) is 0 Å². The lowest BCUT2D eigenvalue weighted by molar-refractivity contribution is -0.139. The monoisotopic (exact) mass is 238 g/mol. The van der Waals surface area contributed by atoms with Crippen molar-refractivity contribution < 1.29 is 14.6 Å². The van der Waals surface area contributed by atoms with Crippen LogP contribution in [0.5, 0.6) is 0 Å². The van der Waals surface area contributed by atoms with Gasteiger partial charge in [-0.25, -0.2) is 4.79 Å². The fourth-order valence-corrected chi connectivity index (χ4v) is 1.98. The van der Waals surface area contributed by atoms with E-state index < -0.39 is 6.10 Å². The molecule has 0 saturated heterocycles. The quantitative estimate of drug-likeness (QED) is 0.402. The molecule has 0 radical (unpaired) electrons. The molecule has 1 aliphatic heterocycles. The van der Waals surface area contributed by atoms with E-state index in [1.54, 1.807) is 6.08 Å². The molecule has 0 aromatic heterocycles. The lowest BCUT2D eigenvalue weighted by atomic mass is 10.0. The smallest absolute Gasteiger partial charge is 0.334 e. The van der Waals surface area contributed by atoms with Gasteiger partial charge in [-0.15, -0.1) is 6.58 Å². The molecule has 17 heavy (non-hydrogen) atoms. The Morgan fingerprint density at radius 2 is 2.29 bits per heavy atom. The van der Waals surface area contributed by atoms with E-state index in [2.05, 4.69) is 6.58 Å². The number of hydrogen-bond donors (Lipinski definition) is 1. The third kappa shape index (κ3) is 5.18. The van der Waals surface area contributed by atoms with Crippen LogP contribution in [0.25, 0.3) is 0 Å². The molecule has 3 nitrogen and oxygen atoms in total. The second-order valence-corrected chi connectivity index (χ2v) is 4.59. The minimum Gasteiger partial charge on any atom is -0.455 e. The molecule has 3 heteroatoms. The Labute approximate surface area is 103 Å². The molecule has 0 fully saturated rings. The maximum atomic E-state index is 11.3. The summed E-state index contributed by atoms with van der Waals surface area (Å²) < 4.78 is 4.98. The molecule has 2 atom stereocenters. The molecular weight excluding hydrogens is 216 g/mol. The molecule has 0 spiro atoms. The number of unbranched alkanes of at least 4 members (excludes halogenated alkanes) is 3. The lowest BCUT2D eigenvalue weighted by Gasteiger charge is -2.09. The highest BCUT2D eigenvalue weighted by Gasteiger charge is 2.23. The lowest BCUT2D eigenvalue weighted by Crippen LogP contribution is -2.11. The number of cyclic esters (lactones) is 1. The van der Waals surface area contributed by atoms with Crippen LogP contribution in [-0.4, -0.2) is 23.3 Å². The molecule has 0 bridgehead atoms. The molecule has 1 heterocycles. The summed E-state index contributed by atoms with van der Waals surface area (Å²) >= 11 is 0. The van der Waals surface area contributed by atoms with Crippen LogP contribution in [0.2, 0.25) is 0 Å². The fraction of sp³-hybridized carbons (Fsp3) is 0.643.